The van der Waals surface area contributed by atoms with Gasteiger partial charge in [-0.2, -0.15) is 0 Å². The summed E-state index contributed by atoms with van der Waals surface area (Å²) >= 11 is 6.42. The topological polar surface area (TPSA) is 56.2 Å². The van der Waals surface area contributed by atoms with Crippen LogP contribution in [0.25, 0.3) is 0 Å². The van der Waals surface area contributed by atoms with Crippen LogP contribution in [0, 0.1) is 0 Å². The first-order chi connectivity index (χ1) is 7.58. The Morgan fingerprint density at radius 1 is 1.19 bits per heavy atom. The highest BCUT2D eigenvalue weighted by molar-refractivity contribution is 9.10. The van der Waals surface area contributed by atoms with E-state index in [2.05, 4.69) is 31.9 Å². The van der Waals surface area contributed by atoms with Crippen molar-refractivity contribution in [2.75, 3.05) is 5.73 Å². The zero-order chi connectivity index (χ0) is 11.7. The minimum Gasteiger partial charge on any atom is -0.446 e. The van der Waals surface area contributed by atoms with Gasteiger partial charge in [-0.1, -0.05) is 0 Å². The first kappa shape index (κ1) is 11.4. The van der Waals surface area contributed by atoms with Gasteiger partial charge in [0.25, 0.3) is 0 Å². The zero-order valence-corrected chi connectivity index (χ0v) is 11.2. The Bertz CT molecular complexity index is 549. The van der Waals surface area contributed by atoms with Crippen LogP contribution in [0.5, 0.6) is 0 Å². The van der Waals surface area contributed by atoms with Crippen LogP contribution in [0.2, 0.25) is 0 Å². The Balaban J connectivity index is 2.38. The van der Waals surface area contributed by atoms with Gasteiger partial charge >= 0.3 is 0 Å². The summed E-state index contributed by atoms with van der Waals surface area (Å²) in [7, 11) is 0. The number of hydrogen-bond acceptors (Lipinski definition) is 3. The molecule has 82 valence electrons. The summed E-state index contributed by atoms with van der Waals surface area (Å²) in [5, 5.41) is 0. The monoisotopic (exact) mass is 343 g/mol. The Hall–Kier alpha value is -1.07. The standard InChI is InChI=1S/C11H7Br2NO2/c12-7-2-1-6(5-8(7)14)11(15)9-3-4-10(13)16-9/h1-5H,14H2. The molecule has 16 heavy (non-hydrogen) atoms. The molecule has 2 N–H and O–H groups in total. The fourth-order valence-electron chi connectivity index (χ4n) is 1.26. The molecule has 0 amide bonds. The molecule has 5 heteroatoms. The van der Waals surface area contributed by atoms with Crippen LogP contribution in [-0.4, -0.2) is 5.78 Å². The molecule has 0 radical (unpaired) electrons. The lowest BCUT2D eigenvalue weighted by molar-refractivity contribution is 0.101. The molecule has 0 atom stereocenters. The fraction of sp³-hybridized carbons (Fsp3) is 0. The molecule has 0 bridgehead atoms. The van der Waals surface area contributed by atoms with Gasteiger partial charge in [0.1, 0.15) is 0 Å². The van der Waals surface area contributed by atoms with Gasteiger partial charge in [0.15, 0.2) is 10.4 Å². The van der Waals surface area contributed by atoms with Crippen LogP contribution in [-0.2, 0) is 0 Å². The molecule has 1 aromatic carbocycles. The lowest BCUT2D eigenvalue weighted by Crippen LogP contribution is -2.00. The van der Waals surface area contributed by atoms with Gasteiger partial charge in [0.05, 0.1) is 0 Å². The molecule has 1 aromatic heterocycles. The number of nitrogen functional groups attached to an aromatic ring is 1. The summed E-state index contributed by atoms with van der Waals surface area (Å²) in [5.41, 5.74) is 6.73. The molecule has 1 heterocycles. The third kappa shape index (κ3) is 2.20. The minimum atomic E-state index is -0.190. The molecule has 0 aliphatic rings. The number of anilines is 1. The fourth-order valence-corrected chi connectivity index (χ4v) is 1.82. The van der Waals surface area contributed by atoms with Crippen LogP contribution in [0.1, 0.15) is 16.1 Å². The van der Waals surface area contributed by atoms with Gasteiger partial charge in [0.2, 0.25) is 5.78 Å². The minimum absolute atomic E-state index is 0.190. The molecule has 0 unspecified atom stereocenters. The number of benzene rings is 1. The molecule has 0 spiro atoms. The van der Waals surface area contributed by atoms with E-state index in [4.69, 9.17) is 10.2 Å². The van der Waals surface area contributed by atoms with Crippen LogP contribution < -0.4 is 5.73 Å². The SMILES string of the molecule is Nc1cc(C(=O)c2ccc(Br)o2)ccc1Br. The van der Waals surface area contributed by atoms with E-state index in [0.717, 1.165) is 4.47 Å². The van der Waals surface area contributed by atoms with Gasteiger partial charge in [0, 0.05) is 15.7 Å². The predicted molar refractivity (Wildman–Crippen MR) is 68.4 cm³/mol. The van der Waals surface area contributed by atoms with E-state index in [0.29, 0.717) is 15.9 Å². The molecule has 2 rings (SSSR count). The number of carbonyl (C=O) groups excluding carboxylic acids is 1. The second-order valence-electron chi connectivity index (χ2n) is 3.17. The number of nitrogens with two attached hydrogens (primary N) is 1. The van der Waals surface area contributed by atoms with Gasteiger partial charge in [-0.3, -0.25) is 4.79 Å². The second kappa shape index (κ2) is 4.43. The summed E-state index contributed by atoms with van der Waals surface area (Å²) in [6.45, 7) is 0. The Labute approximate surface area is 109 Å². The van der Waals surface area contributed by atoms with Gasteiger partial charge in [-0.05, 0) is 62.2 Å². The van der Waals surface area contributed by atoms with E-state index in [-0.39, 0.29) is 11.5 Å². The van der Waals surface area contributed by atoms with Gasteiger partial charge in [-0.25, -0.2) is 0 Å². The van der Waals surface area contributed by atoms with Crippen molar-refractivity contribution in [3.63, 3.8) is 0 Å². The molecule has 0 aliphatic heterocycles. The van der Waals surface area contributed by atoms with Crippen molar-refractivity contribution in [1.82, 2.24) is 0 Å². The van der Waals surface area contributed by atoms with Crippen LogP contribution in [0.15, 0.2) is 43.9 Å². The first-order valence-corrected chi connectivity index (χ1v) is 6.01. The molecular formula is C11H7Br2NO2. The third-order valence-corrected chi connectivity index (χ3v) is 3.20. The average Bonchev–Trinajstić information content (AvgIpc) is 2.68. The maximum absolute atomic E-state index is 11.9. The molecule has 0 saturated carbocycles. The number of carbonyl (C=O) groups is 1. The van der Waals surface area contributed by atoms with E-state index < -0.39 is 0 Å². The number of ketones is 1. The maximum Gasteiger partial charge on any atom is 0.228 e. The zero-order valence-electron chi connectivity index (χ0n) is 8.04. The molecule has 0 fully saturated rings. The highest BCUT2D eigenvalue weighted by Crippen LogP contribution is 2.23. The summed E-state index contributed by atoms with van der Waals surface area (Å²) in [5.74, 6) is 0.0958. The molecule has 0 saturated heterocycles. The van der Waals surface area contributed by atoms with Crippen LogP contribution in [0.3, 0.4) is 0 Å². The lowest BCUT2D eigenvalue weighted by atomic mass is 10.1. The molecule has 0 aliphatic carbocycles. The smallest absolute Gasteiger partial charge is 0.228 e. The Morgan fingerprint density at radius 3 is 2.50 bits per heavy atom. The van der Waals surface area contributed by atoms with Crippen molar-refractivity contribution in [2.24, 2.45) is 0 Å². The van der Waals surface area contributed by atoms with Gasteiger partial charge < -0.3 is 10.2 Å². The van der Waals surface area contributed by atoms with E-state index in [9.17, 15) is 4.79 Å². The Kier molecular flexibility index (Phi) is 3.16. The normalized spacial score (nSPS) is 10.4. The number of halogens is 2. The quantitative estimate of drug-likeness (QED) is 0.668. The summed E-state index contributed by atoms with van der Waals surface area (Å²) < 4.78 is 6.48. The van der Waals surface area contributed by atoms with Crippen molar-refractivity contribution in [3.8, 4) is 0 Å². The van der Waals surface area contributed by atoms with E-state index in [1.807, 2.05) is 0 Å². The Morgan fingerprint density at radius 2 is 1.94 bits per heavy atom. The van der Waals surface area contributed by atoms with Gasteiger partial charge in [-0.15, -0.1) is 0 Å². The highest BCUT2D eigenvalue weighted by Gasteiger charge is 2.13. The summed E-state index contributed by atoms with van der Waals surface area (Å²) in [4.78, 5) is 11.9. The van der Waals surface area contributed by atoms with Crippen molar-refractivity contribution >= 4 is 43.3 Å². The molecule has 3 nitrogen and oxygen atoms in total. The lowest BCUT2D eigenvalue weighted by Gasteiger charge is -2.01. The van der Waals surface area contributed by atoms with Crippen molar-refractivity contribution < 1.29 is 9.21 Å². The highest BCUT2D eigenvalue weighted by atomic mass is 79.9. The number of furan rings is 1. The largest absolute Gasteiger partial charge is 0.446 e. The predicted octanol–water partition coefficient (Wildman–Crippen LogP) is 3.62. The second-order valence-corrected chi connectivity index (χ2v) is 4.81. The summed E-state index contributed by atoms with van der Waals surface area (Å²) in [6.07, 6.45) is 0. The van der Waals surface area contributed by atoms with E-state index >= 15 is 0 Å². The number of rotatable bonds is 2. The van der Waals surface area contributed by atoms with Crippen LogP contribution in [0.4, 0.5) is 5.69 Å². The molecule has 2 aromatic rings. The number of hydrogen-bond donors (Lipinski definition) is 1. The van der Waals surface area contributed by atoms with E-state index in [1.165, 1.54) is 0 Å². The average molecular weight is 345 g/mol. The van der Waals surface area contributed by atoms with Crippen molar-refractivity contribution in [2.45, 2.75) is 0 Å². The third-order valence-electron chi connectivity index (χ3n) is 2.06. The summed E-state index contributed by atoms with van der Waals surface area (Å²) in [6, 6.07) is 8.34. The van der Waals surface area contributed by atoms with E-state index in [1.54, 1.807) is 30.3 Å². The first-order valence-electron chi connectivity index (χ1n) is 4.43. The van der Waals surface area contributed by atoms with Crippen LogP contribution >= 0.6 is 31.9 Å². The van der Waals surface area contributed by atoms with Crippen molar-refractivity contribution in [3.05, 3.63) is 50.8 Å². The van der Waals surface area contributed by atoms with Crippen molar-refractivity contribution in [1.29, 1.82) is 0 Å². The molecular weight excluding hydrogens is 338 g/mol. The maximum atomic E-state index is 11.9.